The fourth-order valence-electron chi connectivity index (χ4n) is 2.66. The van der Waals surface area contributed by atoms with Crippen molar-refractivity contribution >= 4 is 40.4 Å². The lowest BCUT2D eigenvalue weighted by Gasteiger charge is -2.10. The minimum atomic E-state index is -0.665. The number of benzene rings is 2. The number of Topliss-reactive ketones (excluding diaryl/α,β-unsaturated/α-hetero) is 1. The molecular weight excluding hydrogens is 368 g/mol. The quantitative estimate of drug-likeness (QED) is 0.217. The molecule has 0 aliphatic rings. The van der Waals surface area contributed by atoms with Crippen LogP contribution in [0.25, 0.3) is 17.0 Å². The molecule has 0 aliphatic heterocycles. The second-order valence-corrected chi connectivity index (χ2v) is 6.36. The summed E-state index contributed by atoms with van der Waals surface area (Å²) >= 11 is 5.82. The minimum absolute atomic E-state index is 0.0366. The molecule has 5 nitrogen and oxygen atoms in total. The Labute approximate surface area is 159 Å². The predicted octanol–water partition coefficient (Wildman–Crippen LogP) is 4.58. The van der Waals surface area contributed by atoms with E-state index in [1.165, 1.54) is 25.1 Å². The standard InChI is InChI=1S/C21H15ClO5/c1-12-11-19(25)27-21-16(12)8-9-17(20(21)13(2)23)26-18(24)10-5-14-3-6-15(22)7-4-14/h3-11H,1-2H3/b10-5+. The molecule has 0 saturated carbocycles. The fourth-order valence-corrected chi connectivity index (χ4v) is 2.79. The van der Waals surface area contributed by atoms with Crippen molar-refractivity contribution in [1.29, 1.82) is 0 Å². The zero-order valence-corrected chi connectivity index (χ0v) is 15.4. The third-order valence-electron chi connectivity index (χ3n) is 3.93. The number of ether oxygens (including phenoxy) is 1. The van der Waals surface area contributed by atoms with E-state index < -0.39 is 11.6 Å². The maximum atomic E-state index is 12.2. The summed E-state index contributed by atoms with van der Waals surface area (Å²) in [6.45, 7) is 3.06. The summed E-state index contributed by atoms with van der Waals surface area (Å²) in [5.41, 5.74) is 1.03. The van der Waals surface area contributed by atoms with Crippen LogP contribution in [0.1, 0.15) is 28.4 Å². The van der Waals surface area contributed by atoms with Gasteiger partial charge in [-0.2, -0.15) is 0 Å². The Morgan fingerprint density at radius 3 is 2.48 bits per heavy atom. The van der Waals surface area contributed by atoms with Crippen LogP contribution >= 0.6 is 11.6 Å². The number of halogens is 1. The topological polar surface area (TPSA) is 73.6 Å². The Bertz CT molecular complexity index is 1120. The Hall–Kier alpha value is -3.18. The van der Waals surface area contributed by atoms with Crippen molar-refractivity contribution in [2.24, 2.45) is 0 Å². The van der Waals surface area contributed by atoms with E-state index in [1.807, 2.05) is 0 Å². The molecule has 0 saturated heterocycles. The summed E-state index contributed by atoms with van der Waals surface area (Å²) in [6.07, 6.45) is 2.81. The van der Waals surface area contributed by atoms with Crippen LogP contribution in [0.2, 0.25) is 5.02 Å². The number of fused-ring (bicyclic) bond motifs is 1. The highest BCUT2D eigenvalue weighted by Gasteiger charge is 2.18. The number of rotatable bonds is 4. The number of aryl methyl sites for hydroxylation is 1. The Balaban J connectivity index is 1.95. The van der Waals surface area contributed by atoms with E-state index in [4.69, 9.17) is 20.8 Å². The molecule has 0 unspecified atom stereocenters. The van der Waals surface area contributed by atoms with E-state index in [0.29, 0.717) is 16.0 Å². The van der Waals surface area contributed by atoms with Gasteiger partial charge in [0.2, 0.25) is 0 Å². The highest BCUT2D eigenvalue weighted by molar-refractivity contribution is 6.30. The Kier molecular flexibility index (Phi) is 5.23. The molecule has 0 fully saturated rings. The third-order valence-corrected chi connectivity index (χ3v) is 4.18. The van der Waals surface area contributed by atoms with Crippen molar-refractivity contribution < 1.29 is 18.7 Å². The van der Waals surface area contributed by atoms with Gasteiger partial charge in [0, 0.05) is 22.6 Å². The van der Waals surface area contributed by atoms with E-state index in [0.717, 1.165) is 5.56 Å². The van der Waals surface area contributed by atoms with Crippen LogP contribution in [0.5, 0.6) is 5.75 Å². The maximum absolute atomic E-state index is 12.2. The molecule has 2 aromatic carbocycles. The summed E-state index contributed by atoms with van der Waals surface area (Å²) in [7, 11) is 0. The first-order valence-corrected chi connectivity index (χ1v) is 8.47. The van der Waals surface area contributed by atoms with E-state index in [2.05, 4.69) is 0 Å². The van der Waals surface area contributed by atoms with Crippen molar-refractivity contribution in [3.05, 3.63) is 80.7 Å². The number of carbonyl (C=O) groups excluding carboxylic acids is 2. The first-order valence-electron chi connectivity index (χ1n) is 8.09. The minimum Gasteiger partial charge on any atom is -0.422 e. The Morgan fingerprint density at radius 1 is 1.11 bits per heavy atom. The van der Waals surface area contributed by atoms with Gasteiger partial charge < -0.3 is 9.15 Å². The molecule has 3 aromatic rings. The summed E-state index contributed by atoms with van der Waals surface area (Å²) in [4.78, 5) is 36.0. The van der Waals surface area contributed by atoms with E-state index in [9.17, 15) is 14.4 Å². The predicted molar refractivity (Wildman–Crippen MR) is 103 cm³/mol. The lowest BCUT2D eigenvalue weighted by Crippen LogP contribution is -2.09. The van der Waals surface area contributed by atoms with E-state index >= 15 is 0 Å². The van der Waals surface area contributed by atoms with Crippen molar-refractivity contribution in [2.75, 3.05) is 0 Å². The van der Waals surface area contributed by atoms with Gasteiger partial charge in [-0.05, 0) is 55.3 Å². The average Bonchev–Trinajstić information content (AvgIpc) is 2.60. The number of carbonyl (C=O) groups is 2. The highest BCUT2D eigenvalue weighted by atomic mass is 35.5. The molecule has 0 radical (unpaired) electrons. The molecule has 0 bridgehead atoms. The third kappa shape index (κ3) is 4.15. The van der Waals surface area contributed by atoms with Gasteiger partial charge in [-0.15, -0.1) is 0 Å². The van der Waals surface area contributed by atoms with Gasteiger partial charge in [0.1, 0.15) is 11.3 Å². The SMILES string of the molecule is CC(=O)c1c(OC(=O)/C=C/c2ccc(Cl)cc2)ccc2c(C)cc(=O)oc12. The molecule has 27 heavy (non-hydrogen) atoms. The highest BCUT2D eigenvalue weighted by Crippen LogP contribution is 2.29. The summed E-state index contributed by atoms with van der Waals surface area (Å²) < 4.78 is 10.5. The van der Waals surface area contributed by atoms with Gasteiger partial charge in [-0.3, -0.25) is 4.79 Å². The second-order valence-electron chi connectivity index (χ2n) is 5.93. The maximum Gasteiger partial charge on any atom is 0.336 e. The van der Waals surface area contributed by atoms with Gasteiger partial charge in [0.15, 0.2) is 11.4 Å². The number of ketones is 1. The van der Waals surface area contributed by atoms with Crippen LogP contribution in [0.3, 0.4) is 0 Å². The molecule has 0 spiro atoms. The van der Waals surface area contributed by atoms with Crippen molar-refractivity contribution in [3.8, 4) is 5.75 Å². The molecule has 1 heterocycles. The number of hydrogen-bond donors (Lipinski definition) is 0. The largest absolute Gasteiger partial charge is 0.422 e. The van der Waals surface area contributed by atoms with Crippen LogP contribution in [-0.4, -0.2) is 11.8 Å². The van der Waals surface area contributed by atoms with Crippen LogP contribution in [0.15, 0.2) is 57.8 Å². The normalized spacial score (nSPS) is 11.1. The van der Waals surface area contributed by atoms with Gasteiger partial charge >= 0.3 is 11.6 Å². The molecule has 0 N–H and O–H groups in total. The number of hydrogen-bond acceptors (Lipinski definition) is 5. The average molecular weight is 383 g/mol. The monoisotopic (exact) mass is 382 g/mol. The Morgan fingerprint density at radius 2 is 1.81 bits per heavy atom. The molecule has 3 rings (SSSR count). The first-order chi connectivity index (χ1) is 12.8. The fraction of sp³-hybridized carbons (Fsp3) is 0.0952. The first kappa shape index (κ1) is 18.6. The molecule has 0 aliphatic carbocycles. The van der Waals surface area contributed by atoms with Gasteiger partial charge in [0.25, 0.3) is 0 Å². The van der Waals surface area contributed by atoms with E-state index in [-0.39, 0.29) is 22.7 Å². The van der Waals surface area contributed by atoms with Crippen molar-refractivity contribution in [2.45, 2.75) is 13.8 Å². The molecule has 0 atom stereocenters. The second kappa shape index (κ2) is 7.60. The smallest absolute Gasteiger partial charge is 0.336 e. The van der Waals surface area contributed by atoms with Crippen molar-refractivity contribution in [1.82, 2.24) is 0 Å². The zero-order chi connectivity index (χ0) is 19.6. The zero-order valence-electron chi connectivity index (χ0n) is 14.6. The lowest BCUT2D eigenvalue weighted by molar-refractivity contribution is -0.128. The van der Waals surface area contributed by atoms with E-state index in [1.54, 1.807) is 43.3 Å². The number of esters is 1. The molecule has 6 heteroatoms. The lowest BCUT2D eigenvalue weighted by atomic mass is 10.0. The van der Waals surface area contributed by atoms with Crippen LogP contribution < -0.4 is 10.4 Å². The summed E-state index contributed by atoms with van der Waals surface area (Å²) in [5, 5.41) is 1.20. The molecule has 0 amide bonds. The summed E-state index contributed by atoms with van der Waals surface area (Å²) in [5.74, 6) is -1.00. The van der Waals surface area contributed by atoms with Crippen LogP contribution in [0.4, 0.5) is 0 Å². The van der Waals surface area contributed by atoms with Crippen molar-refractivity contribution in [3.63, 3.8) is 0 Å². The van der Waals surface area contributed by atoms with Crippen LogP contribution in [0, 0.1) is 6.92 Å². The molecule has 1 aromatic heterocycles. The summed E-state index contributed by atoms with van der Waals surface area (Å²) in [6, 6.07) is 11.4. The van der Waals surface area contributed by atoms with Gasteiger partial charge in [0.05, 0.1) is 0 Å². The van der Waals surface area contributed by atoms with Gasteiger partial charge in [-0.25, -0.2) is 9.59 Å². The van der Waals surface area contributed by atoms with Crippen LogP contribution in [-0.2, 0) is 4.79 Å². The molecule has 136 valence electrons. The molecular formula is C21H15ClO5. The van der Waals surface area contributed by atoms with Gasteiger partial charge in [-0.1, -0.05) is 23.7 Å².